The first kappa shape index (κ1) is 62.5. The number of guanidine groups is 3. The number of nitrogens with two attached hydrogens (primary N) is 7. The summed E-state index contributed by atoms with van der Waals surface area (Å²) in [6.07, 6.45) is 2.14. The predicted octanol–water partition coefficient (Wildman–Crippen LogP) is -4.20. The van der Waals surface area contributed by atoms with Gasteiger partial charge in [0, 0.05) is 61.1 Å². The van der Waals surface area contributed by atoms with E-state index in [0.29, 0.717) is 17.5 Å². The van der Waals surface area contributed by atoms with Gasteiger partial charge in [0.1, 0.15) is 42.3 Å². The third-order valence-electron chi connectivity index (χ3n) is 11.5. The summed E-state index contributed by atoms with van der Waals surface area (Å²) in [5, 5.41) is 28.6. The van der Waals surface area contributed by atoms with Crippen LogP contribution in [-0.4, -0.2) is 155 Å². The van der Waals surface area contributed by atoms with Crippen LogP contribution in [0.2, 0.25) is 0 Å². The zero-order valence-corrected chi connectivity index (χ0v) is 43.9. The van der Waals surface area contributed by atoms with Crippen LogP contribution in [0.4, 0.5) is 0 Å². The van der Waals surface area contributed by atoms with Gasteiger partial charge >= 0.3 is 5.97 Å². The van der Waals surface area contributed by atoms with Crippen molar-refractivity contribution in [2.24, 2.45) is 55.1 Å². The summed E-state index contributed by atoms with van der Waals surface area (Å²) in [5.41, 5.74) is 40.7. The van der Waals surface area contributed by atoms with Gasteiger partial charge in [0.2, 0.25) is 41.4 Å². The van der Waals surface area contributed by atoms with Crippen molar-refractivity contribution < 1.29 is 43.5 Å². The topological polar surface area (TPSA) is 476 Å². The summed E-state index contributed by atoms with van der Waals surface area (Å²) < 4.78 is 0. The molecule has 7 amide bonds. The summed E-state index contributed by atoms with van der Waals surface area (Å²) in [5.74, 6) is -7.99. The van der Waals surface area contributed by atoms with Gasteiger partial charge in [-0.2, -0.15) is 25.3 Å². The summed E-state index contributed by atoms with van der Waals surface area (Å²) in [6.45, 7) is 1.66. The van der Waals surface area contributed by atoms with Crippen molar-refractivity contribution in [3.63, 3.8) is 0 Å². The maximum Gasteiger partial charge on any atom is 0.327 e. The molecule has 3 rings (SSSR count). The van der Waals surface area contributed by atoms with E-state index in [1.54, 1.807) is 42.6 Å². The number of H-pyrrole nitrogens is 1. The highest BCUT2D eigenvalue weighted by Gasteiger charge is 2.34. The maximum atomic E-state index is 14.6. The Morgan fingerprint density at radius 3 is 1.46 bits per heavy atom. The van der Waals surface area contributed by atoms with Gasteiger partial charge in [-0.05, 0) is 62.6 Å². The van der Waals surface area contributed by atoms with Crippen LogP contribution >= 0.6 is 25.3 Å². The molecule has 0 aliphatic carbocycles. The van der Waals surface area contributed by atoms with Crippen molar-refractivity contribution in [3.05, 3.63) is 71.9 Å². The molecule has 0 radical (unpaired) electrons. The molecule has 0 bridgehead atoms. The van der Waals surface area contributed by atoms with Crippen LogP contribution in [0.1, 0.15) is 56.6 Å². The quantitative estimate of drug-likeness (QED) is 0.0119. The number of para-hydroxylation sites is 1. The minimum absolute atomic E-state index is 0.0364. The molecule has 0 aliphatic rings. The van der Waals surface area contributed by atoms with E-state index < -0.39 is 95.7 Å². The van der Waals surface area contributed by atoms with Crippen LogP contribution in [0.25, 0.3) is 10.9 Å². The van der Waals surface area contributed by atoms with Crippen molar-refractivity contribution in [1.29, 1.82) is 0 Å². The monoisotopic (exact) mass is 1100 g/mol. The number of fused-ring (bicyclic) bond motifs is 1. The van der Waals surface area contributed by atoms with Gasteiger partial charge in [-0.3, -0.25) is 48.5 Å². The number of carbonyl (C=O) groups is 8. The lowest BCUT2D eigenvalue weighted by atomic mass is 10.0. The fraction of sp³-hybridized carbons (Fsp3) is 0.468. The number of rotatable bonds is 33. The molecular weight excluding hydrogens is 1020 g/mol. The van der Waals surface area contributed by atoms with Crippen molar-refractivity contribution in [2.45, 2.75) is 107 Å². The minimum Gasteiger partial charge on any atom is -0.480 e. The number of hydrogen-bond donors (Lipinski definition) is 18. The molecule has 76 heavy (non-hydrogen) atoms. The van der Waals surface area contributed by atoms with Crippen LogP contribution in [-0.2, 0) is 51.2 Å². The Morgan fingerprint density at radius 1 is 0.526 bits per heavy atom. The van der Waals surface area contributed by atoms with Crippen LogP contribution < -0.4 is 77.4 Å². The van der Waals surface area contributed by atoms with E-state index in [0.717, 1.165) is 10.9 Å². The average molecular weight is 1100 g/mol. The second kappa shape index (κ2) is 32.5. The number of benzene rings is 2. The lowest BCUT2D eigenvalue weighted by molar-refractivity contribution is -0.141. The third kappa shape index (κ3) is 22.0. The number of amides is 7. The minimum atomic E-state index is -1.41. The molecule has 416 valence electrons. The Labute approximate surface area is 450 Å². The summed E-state index contributed by atoms with van der Waals surface area (Å²) in [4.78, 5) is 124. The van der Waals surface area contributed by atoms with Crippen molar-refractivity contribution in [3.8, 4) is 0 Å². The molecule has 2 aromatic carbocycles. The lowest BCUT2D eigenvalue weighted by Gasteiger charge is -2.27. The molecule has 0 fully saturated rings. The van der Waals surface area contributed by atoms with Gasteiger partial charge < -0.3 is 87.4 Å². The number of thiol groups is 2. The molecule has 0 saturated carbocycles. The smallest absolute Gasteiger partial charge is 0.327 e. The van der Waals surface area contributed by atoms with Crippen LogP contribution in [0.5, 0.6) is 0 Å². The van der Waals surface area contributed by atoms with Crippen LogP contribution in [0.15, 0.2) is 75.8 Å². The molecule has 0 aliphatic heterocycles. The lowest BCUT2D eigenvalue weighted by Crippen LogP contribution is -2.60. The number of aromatic amines is 1. The number of aliphatic carboxylic acids is 1. The molecule has 29 heteroatoms. The van der Waals surface area contributed by atoms with E-state index in [-0.39, 0.29) is 94.0 Å². The van der Waals surface area contributed by atoms with Crippen LogP contribution in [0.3, 0.4) is 0 Å². The Kier molecular flexibility index (Phi) is 26.7. The first-order chi connectivity index (χ1) is 36.1. The number of nitrogens with zero attached hydrogens (tertiary/aromatic N) is 3. The molecule has 0 saturated heterocycles. The molecule has 0 unspecified atom stereocenters. The third-order valence-corrected chi connectivity index (χ3v) is 12.2. The van der Waals surface area contributed by atoms with E-state index in [1.807, 2.05) is 18.2 Å². The Morgan fingerprint density at radius 2 is 0.947 bits per heavy atom. The molecule has 1 aromatic heterocycles. The predicted molar refractivity (Wildman–Crippen MR) is 294 cm³/mol. The zero-order chi connectivity index (χ0) is 56.3. The second-order valence-corrected chi connectivity index (χ2v) is 18.2. The summed E-state index contributed by atoms with van der Waals surface area (Å²) >= 11 is 8.25. The van der Waals surface area contributed by atoms with Gasteiger partial charge in [0.25, 0.3) is 0 Å². The highest BCUT2D eigenvalue weighted by atomic mass is 32.1. The Hall–Kier alpha value is -7.79. The van der Waals surface area contributed by atoms with Crippen molar-refractivity contribution in [2.75, 3.05) is 31.1 Å². The van der Waals surface area contributed by atoms with Gasteiger partial charge in [-0.15, -0.1) is 0 Å². The average Bonchev–Trinajstić information content (AvgIpc) is 3.79. The van der Waals surface area contributed by atoms with E-state index in [1.165, 1.54) is 6.92 Å². The first-order valence-electron chi connectivity index (χ1n) is 24.2. The number of nitrogens with one attached hydrogen (secondary N) is 8. The number of hydrogen-bond acceptors (Lipinski definition) is 14. The van der Waals surface area contributed by atoms with E-state index in [4.69, 9.17) is 40.1 Å². The van der Waals surface area contributed by atoms with Crippen LogP contribution in [0, 0.1) is 0 Å². The van der Waals surface area contributed by atoms with Gasteiger partial charge in [-0.25, -0.2) is 4.79 Å². The van der Waals surface area contributed by atoms with Gasteiger partial charge in [-0.1, -0.05) is 48.5 Å². The Bertz CT molecular complexity index is 2520. The van der Waals surface area contributed by atoms with E-state index in [2.05, 4.69) is 82.4 Å². The molecule has 8 atom stereocenters. The van der Waals surface area contributed by atoms with Gasteiger partial charge in [0.15, 0.2) is 17.9 Å². The fourth-order valence-corrected chi connectivity index (χ4v) is 7.91. The summed E-state index contributed by atoms with van der Waals surface area (Å²) in [6, 6.07) is 5.33. The second-order valence-electron chi connectivity index (χ2n) is 17.5. The molecule has 23 N–H and O–H groups in total. The first-order valence-corrected chi connectivity index (χ1v) is 25.5. The normalized spacial score (nSPS) is 14.1. The molecule has 27 nitrogen and oxygen atoms in total. The highest BCUT2D eigenvalue weighted by molar-refractivity contribution is 7.80. The molecule has 0 spiro atoms. The van der Waals surface area contributed by atoms with Crippen molar-refractivity contribution in [1.82, 2.24) is 42.2 Å². The number of carbonyl (C=O) groups excluding carboxylic acids is 7. The maximum absolute atomic E-state index is 14.6. The molecule has 1 heterocycles. The highest BCUT2D eigenvalue weighted by Crippen LogP contribution is 2.20. The molecule has 3 aromatic rings. The number of carboxylic acids is 1. The van der Waals surface area contributed by atoms with Gasteiger partial charge in [0.05, 0.1) is 6.04 Å². The molecular formula is C47H72N18O9S2. The number of carboxylic acid groups (broad SMARTS) is 1. The fourth-order valence-electron chi connectivity index (χ4n) is 7.41. The van der Waals surface area contributed by atoms with E-state index >= 15 is 0 Å². The number of aromatic nitrogens is 1. The zero-order valence-electron chi connectivity index (χ0n) is 42.1. The van der Waals surface area contributed by atoms with Crippen molar-refractivity contribution >= 4 is 101 Å². The Balaban J connectivity index is 1.92. The standard InChI is InChI=1S/C47H72N18O9S2/c1-25(59-43(72)35(23-75)64-38(67)29(48)13-7-17-55-45(49)50)37(66)60-31(15-8-18-56-46(51)52)39(68)62-33(20-26-10-3-2-4-11-26)41(70)61-32(16-9-19-57-47(53)54)40(69)63-34(42(71)65-36(24-76)44(73)74)21-27-22-58-30-14-6-5-12-28(27)30/h2-6,10-12,14,22,25,29,31-36,58,75-76H,7-9,13,15-21,23-24,48H2,1H3,(H,59,72)(H,60,66)(H,61,70)(H,62,68)(H,63,69)(H,64,67)(H,65,71)(H,73,74)(H4,49,50,55)(H4,51,52,56)(H4,53,54,57)/t25-,29-,31-,32-,33+,34-,35-,36-/m0/s1. The SMILES string of the molecule is C[C@H](NC(=O)[C@H](CS)NC(=O)[C@@H](N)CCCN=C(N)N)C(=O)N[C@@H](CCCN=C(N)N)C(=O)N[C@H](Cc1ccccc1)C(=O)N[C@@H](CCCN=C(N)N)C(=O)N[C@@H](Cc1c[nH]c2ccccc12)C(=O)N[C@@H](CS)C(=O)O. The summed E-state index contributed by atoms with van der Waals surface area (Å²) in [7, 11) is 0. The van der Waals surface area contributed by atoms with E-state index in [9.17, 15) is 43.5 Å². The number of aliphatic imine (C=N–C) groups is 3. The largest absolute Gasteiger partial charge is 0.480 e.